The van der Waals surface area contributed by atoms with E-state index in [-0.39, 0.29) is 0 Å². The summed E-state index contributed by atoms with van der Waals surface area (Å²) in [6, 6.07) is 0. The largest absolute Gasteiger partial charge is 0.0803 e. The molecule has 34 valence electrons. The molecule has 0 atom stereocenters. The van der Waals surface area contributed by atoms with E-state index >= 15 is 0 Å². The Balaban J connectivity index is 2.45. The van der Waals surface area contributed by atoms with Crippen LogP contribution in [0, 0.1) is 12.0 Å². The molecule has 0 saturated carbocycles. The molecule has 0 heterocycles. The van der Waals surface area contributed by atoms with Gasteiger partial charge in [0, 0.05) is 5.92 Å². The van der Waals surface area contributed by atoms with Crippen LogP contribution in [0.3, 0.4) is 0 Å². The molecule has 0 aliphatic heterocycles. The molecule has 2 bridgehead atoms. The molecule has 0 nitrogen and oxygen atoms in total. The zero-order chi connectivity index (χ0) is 4.69. The summed E-state index contributed by atoms with van der Waals surface area (Å²) in [5.74, 6) is 1.47. The van der Waals surface area contributed by atoms with E-state index in [1.165, 1.54) is 24.3 Å². The van der Waals surface area contributed by atoms with Crippen molar-refractivity contribution in [1.82, 2.24) is 0 Å². The van der Waals surface area contributed by atoms with Crippen molar-refractivity contribution >= 4 is 0 Å². The minimum Gasteiger partial charge on any atom is -0.0803 e. The molecular weight excluding hydrogens is 84.1 g/mol. The van der Waals surface area contributed by atoms with Crippen molar-refractivity contribution in [2.24, 2.45) is 0 Å². The fourth-order valence-corrected chi connectivity index (χ4v) is 1.06. The first kappa shape index (κ1) is 3.48. The van der Waals surface area contributed by atoms with Crippen LogP contribution >= 0.6 is 0 Å². The summed E-state index contributed by atoms with van der Waals surface area (Å²) in [6.07, 6.45) is 9.90. The molecule has 7 heavy (non-hydrogen) atoms. The molecule has 0 spiro atoms. The zero-order valence-corrected chi connectivity index (χ0v) is 4.07. The maximum Gasteiger partial charge on any atom is 0.0134 e. The third kappa shape index (κ3) is 0.365. The summed E-state index contributed by atoms with van der Waals surface area (Å²) in [4.78, 5) is 0. The lowest BCUT2D eigenvalue weighted by atomic mass is 10.1. The van der Waals surface area contributed by atoms with E-state index in [9.17, 15) is 0 Å². The van der Waals surface area contributed by atoms with Crippen LogP contribution < -0.4 is 0 Å². The van der Waals surface area contributed by atoms with Crippen LogP contribution in [0.2, 0.25) is 0 Å². The van der Waals surface area contributed by atoms with E-state index in [0.29, 0.717) is 0 Å². The van der Waals surface area contributed by atoms with Gasteiger partial charge in [-0.2, -0.15) is 0 Å². The van der Waals surface area contributed by atoms with Crippen molar-refractivity contribution in [3.05, 3.63) is 29.7 Å². The highest BCUT2D eigenvalue weighted by Gasteiger charge is 2.18. The van der Waals surface area contributed by atoms with Gasteiger partial charge in [-0.3, -0.25) is 0 Å². The Morgan fingerprint density at radius 1 is 1.57 bits per heavy atom. The monoisotopic (exact) mass is 90.0 g/mol. The normalized spacial score (nSPS) is 26.6. The fourth-order valence-electron chi connectivity index (χ4n) is 1.06. The molecule has 0 heteroatoms. The molecule has 2 rings (SSSR count). The Kier molecular flexibility index (Phi) is 0.498. The van der Waals surface area contributed by atoms with Crippen LogP contribution in [-0.4, -0.2) is 0 Å². The third-order valence-corrected chi connectivity index (χ3v) is 1.49. The summed E-state index contributed by atoms with van der Waals surface area (Å²) < 4.78 is 0. The van der Waals surface area contributed by atoms with Gasteiger partial charge >= 0.3 is 0 Å². The Morgan fingerprint density at radius 2 is 2.57 bits per heavy atom. The van der Waals surface area contributed by atoms with Crippen LogP contribution in [0.25, 0.3) is 0 Å². The SMILES string of the molecule is [C]1=CC2=CC[C]1C2. The fraction of sp³-hybridized carbons (Fsp3) is 0.286. The van der Waals surface area contributed by atoms with Gasteiger partial charge in [-0.15, -0.1) is 0 Å². The van der Waals surface area contributed by atoms with Gasteiger partial charge in [0.15, 0.2) is 0 Å². The Morgan fingerprint density at radius 3 is 2.71 bits per heavy atom. The molecule has 0 aromatic heterocycles. The highest BCUT2D eigenvalue weighted by molar-refractivity contribution is 5.39. The van der Waals surface area contributed by atoms with Gasteiger partial charge < -0.3 is 0 Å². The van der Waals surface area contributed by atoms with Crippen LogP contribution in [-0.2, 0) is 0 Å². The molecular formula is C7H6. The van der Waals surface area contributed by atoms with Crippen molar-refractivity contribution < 1.29 is 0 Å². The van der Waals surface area contributed by atoms with Gasteiger partial charge in [0.05, 0.1) is 0 Å². The summed E-state index contributed by atoms with van der Waals surface area (Å²) >= 11 is 0. The lowest BCUT2D eigenvalue weighted by molar-refractivity contribution is 1.04. The molecule has 2 aliphatic carbocycles. The highest BCUT2D eigenvalue weighted by Crippen LogP contribution is 2.33. The first-order chi connectivity index (χ1) is 3.45. The first-order valence-corrected chi connectivity index (χ1v) is 2.58. The van der Waals surface area contributed by atoms with Gasteiger partial charge in [-0.1, -0.05) is 17.7 Å². The van der Waals surface area contributed by atoms with E-state index in [1.807, 2.05) is 0 Å². The maximum atomic E-state index is 3.18. The van der Waals surface area contributed by atoms with Crippen LogP contribution in [0.5, 0.6) is 0 Å². The maximum absolute atomic E-state index is 3.18. The van der Waals surface area contributed by atoms with Crippen molar-refractivity contribution in [3.8, 4) is 0 Å². The van der Waals surface area contributed by atoms with Crippen molar-refractivity contribution in [3.63, 3.8) is 0 Å². The number of rotatable bonds is 0. The molecule has 0 aromatic carbocycles. The number of hydrogen-bond acceptors (Lipinski definition) is 0. The Bertz CT molecular complexity index is 140. The van der Waals surface area contributed by atoms with Crippen LogP contribution in [0.4, 0.5) is 0 Å². The molecule has 0 fully saturated rings. The number of allylic oxidation sites excluding steroid dienone is 4. The molecule has 2 radical (unpaired) electrons. The van der Waals surface area contributed by atoms with E-state index in [4.69, 9.17) is 0 Å². The lowest BCUT2D eigenvalue weighted by Crippen LogP contribution is -1.78. The van der Waals surface area contributed by atoms with Crippen molar-refractivity contribution in [2.75, 3.05) is 0 Å². The third-order valence-electron chi connectivity index (χ3n) is 1.49. The quantitative estimate of drug-likeness (QED) is 0.424. The van der Waals surface area contributed by atoms with Crippen LogP contribution in [0.15, 0.2) is 17.7 Å². The topological polar surface area (TPSA) is 0 Å². The number of fused-ring (bicyclic) bond motifs is 2. The second-order valence-electron chi connectivity index (χ2n) is 2.05. The van der Waals surface area contributed by atoms with Gasteiger partial charge in [0.25, 0.3) is 0 Å². The molecule has 0 saturated heterocycles. The van der Waals surface area contributed by atoms with Crippen molar-refractivity contribution in [2.45, 2.75) is 12.8 Å². The Labute approximate surface area is 43.5 Å². The molecule has 0 aromatic rings. The second kappa shape index (κ2) is 1.00. The van der Waals surface area contributed by atoms with Gasteiger partial charge in [0.1, 0.15) is 0 Å². The van der Waals surface area contributed by atoms with Gasteiger partial charge in [0.2, 0.25) is 0 Å². The second-order valence-corrected chi connectivity index (χ2v) is 2.05. The summed E-state index contributed by atoms with van der Waals surface area (Å²) in [5.41, 5.74) is 1.47. The molecule has 0 unspecified atom stereocenters. The van der Waals surface area contributed by atoms with Gasteiger partial charge in [-0.05, 0) is 18.9 Å². The van der Waals surface area contributed by atoms with Crippen molar-refractivity contribution in [1.29, 1.82) is 0 Å². The van der Waals surface area contributed by atoms with Gasteiger partial charge in [-0.25, -0.2) is 0 Å². The molecule has 2 aliphatic rings. The van der Waals surface area contributed by atoms with E-state index in [1.54, 1.807) is 0 Å². The highest BCUT2D eigenvalue weighted by atomic mass is 14.2. The summed E-state index contributed by atoms with van der Waals surface area (Å²) in [6.45, 7) is 0. The zero-order valence-electron chi connectivity index (χ0n) is 4.07. The number of hydrogen-bond donors (Lipinski definition) is 0. The standard InChI is InChI=1S/C7H6/c1-2-7-4-3-6(1)5-7/h1,3H,2,5H2. The van der Waals surface area contributed by atoms with E-state index in [2.05, 4.69) is 18.2 Å². The molecule has 0 amide bonds. The van der Waals surface area contributed by atoms with E-state index in [0.717, 1.165) is 0 Å². The van der Waals surface area contributed by atoms with E-state index < -0.39 is 0 Å². The molecule has 0 N–H and O–H groups in total. The lowest BCUT2D eigenvalue weighted by Gasteiger charge is -1.90. The smallest absolute Gasteiger partial charge is 0.0134 e. The minimum absolute atomic E-state index is 1.17. The average Bonchev–Trinajstić information content (AvgIpc) is 2.22. The predicted octanol–water partition coefficient (Wildman–Crippen LogP) is 1.65. The summed E-state index contributed by atoms with van der Waals surface area (Å²) in [5, 5.41) is 0. The summed E-state index contributed by atoms with van der Waals surface area (Å²) in [7, 11) is 0. The van der Waals surface area contributed by atoms with Crippen LogP contribution in [0.1, 0.15) is 12.8 Å². The average molecular weight is 90.1 g/mol. The minimum atomic E-state index is 1.17. The first-order valence-electron chi connectivity index (χ1n) is 2.58. The Hall–Kier alpha value is -0.520. The predicted molar refractivity (Wildman–Crippen MR) is 28.4 cm³/mol.